The van der Waals surface area contributed by atoms with E-state index in [1.165, 1.54) is 30.5 Å². The van der Waals surface area contributed by atoms with Crippen LogP contribution in [0.2, 0.25) is 5.02 Å². The van der Waals surface area contributed by atoms with Gasteiger partial charge in [-0.1, -0.05) is 17.7 Å². The maximum atomic E-state index is 6.23. The van der Waals surface area contributed by atoms with Crippen LogP contribution in [-0.4, -0.2) is 6.54 Å². The SMILES string of the molecule is Clc1cccc2c1C1(CCN2)CC1. The molecule has 1 spiro atoms. The highest BCUT2D eigenvalue weighted by Gasteiger charge is 2.47. The molecule has 0 atom stereocenters. The van der Waals surface area contributed by atoms with Gasteiger partial charge in [0.25, 0.3) is 0 Å². The average Bonchev–Trinajstić information content (AvgIpc) is 2.86. The molecular formula is C11H12ClN. The van der Waals surface area contributed by atoms with Gasteiger partial charge >= 0.3 is 0 Å². The van der Waals surface area contributed by atoms with Crippen molar-refractivity contribution in [1.82, 2.24) is 0 Å². The molecule has 1 aliphatic heterocycles. The van der Waals surface area contributed by atoms with Crippen molar-refractivity contribution in [1.29, 1.82) is 0 Å². The number of nitrogens with one attached hydrogen (secondary N) is 1. The largest absolute Gasteiger partial charge is 0.385 e. The zero-order chi connectivity index (χ0) is 8.89. The van der Waals surface area contributed by atoms with E-state index in [4.69, 9.17) is 11.6 Å². The minimum atomic E-state index is 0.457. The summed E-state index contributed by atoms with van der Waals surface area (Å²) in [6.45, 7) is 1.10. The van der Waals surface area contributed by atoms with Gasteiger partial charge in [-0.2, -0.15) is 0 Å². The lowest BCUT2D eigenvalue weighted by molar-refractivity contribution is 0.622. The van der Waals surface area contributed by atoms with Gasteiger partial charge in [-0.3, -0.25) is 0 Å². The summed E-state index contributed by atoms with van der Waals surface area (Å²) in [6.07, 6.45) is 3.90. The first-order chi connectivity index (χ1) is 6.32. The molecule has 3 rings (SSSR count). The molecule has 1 saturated carbocycles. The van der Waals surface area contributed by atoms with Crippen LogP contribution in [0.15, 0.2) is 18.2 Å². The van der Waals surface area contributed by atoms with E-state index in [0.717, 1.165) is 11.6 Å². The van der Waals surface area contributed by atoms with Gasteiger partial charge in [-0.25, -0.2) is 0 Å². The van der Waals surface area contributed by atoms with Crippen molar-refractivity contribution in [3.8, 4) is 0 Å². The van der Waals surface area contributed by atoms with Crippen LogP contribution in [-0.2, 0) is 5.41 Å². The lowest BCUT2D eigenvalue weighted by atomic mass is 9.88. The van der Waals surface area contributed by atoms with Gasteiger partial charge in [-0.15, -0.1) is 0 Å². The average molecular weight is 194 g/mol. The van der Waals surface area contributed by atoms with Crippen LogP contribution in [0.4, 0.5) is 5.69 Å². The third kappa shape index (κ3) is 1.000. The lowest BCUT2D eigenvalue weighted by Gasteiger charge is -2.27. The Bertz CT molecular complexity index is 355. The van der Waals surface area contributed by atoms with Crippen LogP contribution in [0.5, 0.6) is 0 Å². The standard InChI is InChI=1S/C11H12ClN/c12-8-2-1-3-9-10(8)11(4-5-11)6-7-13-9/h1-3,13H,4-7H2. The number of benzene rings is 1. The van der Waals surface area contributed by atoms with Crippen molar-refractivity contribution in [2.24, 2.45) is 0 Å². The Morgan fingerprint density at radius 1 is 1.23 bits per heavy atom. The molecule has 1 aliphatic carbocycles. The lowest BCUT2D eigenvalue weighted by Crippen LogP contribution is -2.22. The Labute approximate surface area is 83.1 Å². The van der Waals surface area contributed by atoms with Crippen molar-refractivity contribution in [3.63, 3.8) is 0 Å². The molecule has 0 saturated heterocycles. The van der Waals surface area contributed by atoms with Gasteiger partial charge in [0, 0.05) is 28.2 Å². The summed E-state index contributed by atoms with van der Waals surface area (Å²) in [4.78, 5) is 0. The molecule has 1 aromatic rings. The normalized spacial score (nSPS) is 22.2. The molecule has 68 valence electrons. The molecule has 2 aliphatic rings. The van der Waals surface area contributed by atoms with E-state index < -0.39 is 0 Å². The van der Waals surface area contributed by atoms with Crippen LogP contribution < -0.4 is 5.32 Å². The Morgan fingerprint density at radius 3 is 2.85 bits per heavy atom. The molecule has 0 aromatic heterocycles. The Morgan fingerprint density at radius 2 is 2.08 bits per heavy atom. The van der Waals surface area contributed by atoms with Crippen LogP contribution in [0.1, 0.15) is 24.8 Å². The molecule has 0 bridgehead atoms. The fourth-order valence-electron chi connectivity index (χ4n) is 2.42. The van der Waals surface area contributed by atoms with Gasteiger partial charge in [0.2, 0.25) is 0 Å². The monoisotopic (exact) mass is 193 g/mol. The van der Waals surface area contributed by atoms with E-state index in [0.29, 0.717) is 5.41 Å². The fraction of sp³-hybridized carbons (Fsp3) is 0.455. The second-order valence-corrected chi connectivity index (χ2v) is 4.53. The number of fused-ring (bicyclic) bond motifs is 2. The van der Waals surface area contributed by atoms with Gasteiger partial charge in [-0.05, 0) is 31.4 Å². The third-order valence-corrected chi connectivity index (χ3v) is 3.63. The number of anilines is 1. The number of hydrogen-bond donors (Lipinski definition) is 1. The molecule has 2 heteroatoms. The molecule has 0 amide bonds. The van der Waals surface area contributed by atoms with E-state index in [9.17, 15) is 0 Å². The van der Waals surface area contributed by atoms with Gasteiger partial charge in [0.05, 0.1) is 0 Å². The fourth-order valence-corrected chi connectivity index (χ4v) is 2.80. The van der Waals surface area contributed by atoms with E-state index in [1.54, 1.807) is 0 Å². The van der Waals surface area contributed by atoms with Gasteiger partial charge in [0.1, 0.15) is 0 Å². The van der Waals surface area contributed by atoms with Crippen LogP contribution in [0.25, 0.3) is 0 Å². The topological polar surface area (TPSA) is 12.0 Å². The minimum Gasteiger partial charge on any atom is -0.385 e. The first-order valence-corrected chi connectivity index (χ1v) is 5.23. The van der Waals surface area contributed by atoms with Crippen LogP contribution >= 0.6 is 11.6 Å². The Hall–Kier alpha value is -0.690. The van der Waals surface area contributed by atoms with Gasteiger partial charge in [0.15, 0.2) is 0 Å². The van der Waals surface area contributed by atoms with E-state index in [2.05, 4.69) is 11.4 Å². The summed E-state index contributed by atoms with van der Waals surface area (Å²) in [6, 6.07) is 6.17. The van der Waals surface area contributed by atoms with Crippen molar-refractivity contribution < 1.29 is 0 Å². The molecule has 1 fully saturated rings. The number of hydrogen-bond acceptors (Lipinski definition) is 1. The van der Waals surface area contributed by atoms with Crippen molar-refractivity contribution in [2.75, 3.05) is 11.9 Å². The summed E-state index contributed by atoms with van der Waals surface area (Å²) < 4.78 is 0. The molecule has 1 aromatic carbocycles. The Balaban J connectivity index is 2.21. The van der Waals surface area contributed by atoms with Crippen molar-refractivity contribution >= 4 is 17.3 Å². The highest BCUT2D eigenvalue weighted by Crippen LogP contribution is 2.57. The smallest absolute Gasteiger partial charge is 0.0464 e. The highest BCUT2D eigenvalue weighted by atomic mass is 35.5. The quantitative estimate of drug-likeness (QED) is 0.668. The predicted octanol–water partition coefficient (Wildman–Crippen LogP) is 3.19. The number of rotatable bonds is 0. The van der Waals surface area contributed by atoms with Gasteiger partial charge < -0.3 is 5.32 Å². The second kappa shape index (κ2) is 2.42. The summed E-state index contributed by atoms with van der Waals surface area (Å²) >= 11 is 6.23. The zero-order valence-electron chi connectivity index (χ0n) is 7.44. The first-order valence-electron chi connectivity index (χ1n) is 4.85. The zero-order valence-corrected chi connectivity index (χ0v) is 8.19. The minimum absolute atomic E-state index is 0.457. The molecule has 0 radical (unpaired) electrons. The summed E-state index contributed by atoms with van der Waals surface area (Å²) in [5.41, 5.74) is 3.10. The third-order valence-electron chi connectivity index (χ3n) is 3.32. The maximum absolute atomic E-state index is 6.23. The Kier molecular flexibility index (Phi) is 1.43. The molecule has 13 heavy (non-hydrogen) atoms. The highest BCUT2D eigenvalue weighted by molar-refractivity contribution is 6.32. The van der Waals surface area contributed by atoms with Crippen molar-refractivity contribution in [3.05, 3.63) is 28.8 Å². The molecule has 1 nitrogen and oxygen atoms in total. The summed E-state index contributed by atoms with van der Waals surface area (Å²) in [7, 11) is 0. The van der Waals surface area contributed by atoms with E-state index >= 15 is 0 Å². The molecular weight excluding hydrogens is 182 g/mol. The van der Waals surface area contributed by atoms with E-state index in [1.807, 2.05) is 12.1 Å². The first kappa shape index (κ1) is 7.69. The molecule has 1 heterocycles. The van der Waals surface area contributed by atoms with E-state index in [-0.39, 0.29) is 0 Å². The number of halogens is 1. The predicted molar refractivity (Wildman–Crippen MR) is 55.5 cm³/mol. The molecule has 0 unspecified atom stereocenters. The summed E-state index contributed by atoms with van der Waals surface area (Å²) in [5, 5.41) is 4.36. The maximum Gasteiger partial charge on any atom is 0.0464 e. The molecule has 1 N–H and O–H groups in total. The summed E-state index contributed by atoms with van der Waals surface area (Å²) in [5.74, 6) is 0. The van der Waals surface area contributed by atoms with Crippen molar-refractivity contribution in [2.45, 2.75) is 24.7 Å². The van der Waals surface area contributed by atoms with Crippen LogP contribution in [0.3, 0.4) is 0 Å². The second-order valence-electron chi connectivity index (χ2n) is 4.12. The van der Waals surface area contributed by atoms with Crippen LogP contribution in [0, 0.1) is 0 Å².